The number of rotatable bonds is 6. The van der Waals surface area contributed by atoms with Gasteiger partial charge in [0, 0.05) is 31.0 Å². The van der Waals surface area contributed by atoms with Crippen molar-refractivity contribution in [2.45, 2.75) is 26.0 Å². The second-order valence-electron chi connectivity index (χ2n) is 8.29. The molecule has 0 radical (unpaired) electrons. The molecule has 33 heavy (non-hydrogen) atoms. The summed E-state index contributed by atoms with van der Waals surface area (Å²) >= 11 is 0. The van der Waals surface area contributed by atoms with Crippen molar-refractivity contribution >= 4 is 28.8 Å². The number of amides is 1. The van der Waals surface area contributed by atoms with Crippen LogP contribution in [0.2, 0.25) is 0 Å². The van der Waals surface area contributed by atoms with Gasteiger partial charge in [0.25, 0.3) is 11.7 Å². The highest BCUT2D eigenvalue weighted by Gasteiger charge is 2.48. The fourth-order valence-corrected chi connectivity index (χ4v) is 3.87. The first-order valence-electron chi connectivity index (χ1n) is 10.7. The molecule has 170 valence electrons. The molecule has 1 atom stereocenters. The number of carbonyl (C=O) groups is 2. The number of aliphatic hydroxyl groups excluding tert-OH is 1. The Morgan fingerprint density at radius 3 is 2.39 bits per heavy atom. The summed E-state index contributed by atoms with van der Waals surface area (Å²) < 4.78 is 11.3. The monoisotopic (exact) mass is 446 g/mol. The zero-order chi connectivity index (χ0) is 23.7. The maximum Gasteiger partial charge on any atom is 0.300 e. The fraction of sp³-hybridized carbons (Fsp3) is 0.231. The summed E-state index contributed by atoms with van der Waals surface area (Å²) in [5.41, 5.74) is 1.82. The smallest absolute Gasteiger partial charge is 0.300 e. The van der Waals surface area contributed by atoms with Gasteiger partial charge in [-0.25, -0.2) is 0 Å². The first-order valence-corrected chi connectivity index (χ1v) is 10.7. The lowest BCUT2D eigenvalue weighted by Crippen LogP contribution is -2.29. The lowest BCUT2D eigenvalue weighted by Gasteiger charge is -2.24. The number of aliphatic hydroxyl groups is 1. The molecule has 0 aliphatic carbocycles. The SMILES string of the molecule is CC(C)Oc1cccc(/C(O)=C2/C(=O)C(=O)N(c3ccc(N(C)C)cc3)C2c2ccco2)c1. The van der Waals surface area contributed by atoms with Crippen LogP contribution in [-0.2, 0) is 9.59 Å². The minimum atomic E-state index is -0.903. The van der Waals surface area contributed by atoms with Crippen LogP contribution in [0.25, 0.3) is 5.76 Å². The standard InChI is InChI=1S/C26H26N2O5/c1-16(2)33-20-8-5-7-17(15-20)24(29)22-23(21-9-6-14-32-21)28(26(31)25(22)30)19-12-10-18(11-13-19)27(3)4/h5-16,23,29H,1-4H3/b24-22-. The van der Waals surface area contributed by atoms with E-state index in [-0.39, 0.29) is 17.4 Å². The number of ketones is 1. The van der Waals surface area contributed by atoms with Crippen LogP contribution in [0.3, 0.4) is 0 Å². The van der Waals surface area contributed by atoms with Crippen LogP contribution in [0.15, 0.2) is 76.9 Å². The van der Waals surface area contributed by atoms with Crippen molar-refractivity contribution in [2.24, 2.45) is 0 Å². The average molecular weight is 447 g/mol. The van der Waals surface area contributed by atoms with E-state index in [9.17, 15) is 14.7 Å². The van der Waals surface area contributed by atoms with Crippen LogP contribution in [0, 0.1) is 0 Å². The van der Waals surface area contributed by atoms with Crippen molar-refractivity contribution in [2.75, 3.05) is 23.9 Å². The Bertz CT molecular complexity index is 1190. The van der Waals surface area contributed by atoms with E-state index in [0.717, 1.165) is 5.69 Å². The van der Waals surface area contributed by atoms with Gasteiger partial charge < -0.3 is 19.2 Å². The Morgan fingerprint density at radius 1 is 1.06 bits per heavy atom. The minimum absolute atomic E-state index is 0.0340. The number of benzene rings is 2. The van der Waals surface area contributed by atoms with E-state index in [1.54, 1.807) is 48.5 Å². The largest absolute Gasteiger partial charge is 0.507 e. The molecule has 1 fully saturated rings. The van der Waals surface area contributed by atoms with Crippen LogP contribution in [-0.4, -0.2) is 37.0 Å². The molecular formula is C26H26N2O5. The molecule has 0 saturated carbocycles. The molecule has 4 rings (SSSR count). The summed E-state index contributed by atoms with van der Waals surface area (Å²) in [7, 11) is 3.84. The number of furan rings is 1. The molecular weight excluding hydrogens is 420 g/mol. The number of hydrogen-bond donors (Lipinski definition) is 1. The molecule has 2 aromatic carbocycles. The average Bonchev–Trinajstić information content (AvgIpc) is 3.40. The number of anilines is 2. The number of ether oxygens (including phenoxy) is 1. The first-order chi connectivity index (χ1) is 15.8. The number of hydrogen-bond acceptors (Lipinski definition) is 6. The van der Waals surface area contributed by atoms with Crippen molar-refractivity contribution < 1.29 is 23.8 Å². The first kappa shape index (κ1) is 22.2. The van der Waals surface area contributed by atoms with Crippen LogP contribution in [0.4, 0.5) is 11.4 Å². The summed E-state index contributed by atoms with van der Waals surface area (Å²) in [4.78, 5) is 29.6. The molecule has 7 nitrogen and oxygen atoms in total. The van der Waals surface area contributed by atoms with Gasteiger partial charge in [0.05, 0.1) is 17.9 Å². The third-order valence-electron chi connectivity index (χ3n) is 5.38. The second kappa shape index (κ2) is 8.86. The summed E-state index contributed by atoms with van der Waals surface area (Å²) in [6.07, 6.45) is 1.42. The van der Waals surface area contributed by atoms with E-state index in [0.29, 0.717) is 22.8 Å². The highest BCUT2D eigenvalue weighted by Crippen LogP contribution is 2.42. The van der Waals surface area contributed by atoms with E-state index in [4.69, 9.17) is 9.15 Å². The molecule has 2 heterocycles. The zero-order valence-corrected chi connectivity index (χ0v) is 19.0. The minimum Gasteiger partial charge on any atom is -0.507 e. The van der Waals surface area contributed by atoms with Crippen LogP contribution in [0.1, 0.15) is 31.2 Å². The van der Waals surface area contributed by atoms with Gasteiger partial charge in [-0.05, 0) is 62.4 Å². The Hall–Kier alpha value is -4.00. The fourth-order valence-electron chi connectivity index (χ4n) is 3.87. The van der Waals surface area contributed by atoms with Crippen molar-refractivity contribution in [1.29, 1.82) is 0 Å². The highest BCUT2D eigenvalue weighted by atomic mass is 16.5. The lowest BCUT2D eigenvalue weighted by molar-refractivity contribution is -0.132. The van der Waals surface area contributed by atoms with Gasteiger partial charge in [-0.2, -0.15) is 0 Å². The molecule has 1 N–H and O–H groups in total. The second-order valence-corrected chi connectivity index (χ2v) is 8.29. The number of nitrogens with zero attached hydrogens (tertiary/aromatic N) is 2. The molecule has 1 amide bonds. The summed E-state index contributed by atoms with van der Waals surface area (Å²) in [6.45, 7) is 3.80. The van der Waals surface area contributed by atoms with E-state index in [2.05, 4.69) is 0 Å². The van der Waals surface area contributed by atoms with Gasteiger partial charge in [-0.15, -0.1) is 0 Å². The van der Waals surface area contributed by atoms with E-state index in [1.165, 1.54) is 11.2 Å². The molecule has 1 aromatic heterocycles. The Labute approximate surface area is 192 Å². The van der Waals surface area contributed by atoms with Gasteiger partial charge >= 0.3 is 0 Å². The quantitative estimate of drug-likeness (QED) is 0.334. The predicted octanol–water partition coefficient (Wildman–Crippen LogP) is 4.76. The Balaban J connectivity index is 1.84. The maximum absolute atomic E-state index is 13.2. The third-order valence-corrected chi connectivity index (χ3v) is 5.38. The molecule has 1 aliphatic heterocycles. The number of carbonyl (C=O) groups excluding carboxylic acids is 2. The molecule has 0 bridgehead atoms. The van der Waals surface area contributed by atoms with Crippen molar-refractivity contribution in [3.05, 3.63) is 83.8 Å². The van der Waals surface area contributed by atoms with E-state index < -0.39 is 17.7 Å². The molecule has 0 spiro atoms. The van der Waals surface area contributed by atoms with Gasteiger partial charge in [-0.3, -0.25) is 14.5 Å². The van der Waals surface area contributed by atoms with Crippen LogP contribution < -0.4 is 14.5 Å². The Morgan fingerprint density at radius 2 is 1.79 bits per heavy atom. The van der Waals surface area contributed by atoms with Gasteiger partial charge in [0.15, 0.2) is 0 Å². The summed E-state index contributed by atoms with van der Waals surface area (Å²) in [5, 5.41) is 11.2. The molecule has 1 unspecified atom stereocenters. The van der Waals surface area contributed by atoms with Gasteiger partial charge in [0.2, 0.25) is 0 Å². The van der Waals surface area contributed by atoms with Crippen LogP contribution in [0.5, 0.6) is 5.75 Å². The lowest BCUT2D eigenvalue weighted by atomic mass is 9.99. The molecule has 3 aromatic rings. The van der Waals surface area contributed by atoms with Gasteiger partial charge in [-0.1, -0.05) is 12.1 Å². The predicted molar refractivity (Wildman–Crippen MR) is 126 cm³/mol. The third kappa shape index (κ3) is 4.22. The summed E-state index contributed by atoms with van der Waals surface area (Å²) in [6, 6.07) is 16.5. The van der Waals surface area contributed by atoms with E-state index in [1.807, 2.05) is 45.0 Å². The Kier molecular flexibility index (Phi) is 5.96. The topological polar surface area (TPSA) is 83.2 Å². The van der Waals surface area contributed by atoms with Gasteiger partial charge in [0.1, 0.15) is 23.3 Å². The normalized spacial score (nSPS) is 17.6. The van der Waals surface area contributed by atoms with Crippen molar-refractivity contribution in [3.63, 3.8) is 0 Å². The zero-order valence-electron chi connectivity index (χ0n) is 19.0. The molecule has 1 aliphatic rings. The summed E-state index contributed by atoms with van der Waals surface area (Å²) in [5.74, 6) is -0.860. The number of Topliss-reactive ketones (excluding diaryl/α,β-unsaturated/α-hetero) is 1. The van der Waals surface area contributed by atoms with Crippen LogP contribution >= 0.6 is 0 Å². The van der Waals surface area contributed by atoms with Crippen molar-refractivity contribution in [3.8, 4) is 5.75 Å². The maximum atomic E-state index is 13.2. The molecule has 1 saturated heterocycles. The highest BCUT2D eigenvalue weighted by molar-refractivity contribution is 6.51. The molecule has 7 heteroatoms. The van der Waals surface area contributed by atoms with Crippen molar-refractivity contribution in [1.82, 2.24) is 0 Å². The van der Waals surface area contributed by atoms with E-state index >= 15 is 0 Å².